The van der Waals surface area contributed by atoms with Gasteiger partial charge in [-0.25, -0.2) is 13.9 Å². The van der Waals surface area contributed by atoms with Crippen molar-refractivity contribution in [3.05, 3.63) is 60.2 Å². The first-order valence-corrected chi connectivity index (χ1v) is 10.5. The maximum absolute atomic E-state index is 12.8. The van der Waals surface area contributed by atoms with Crippen LogP contribution in [0.5, 0.6) is 5.75 Å². The summed E-state index contributed by atoms with van der Waals surface area (Å²) in [5.41, 5.74) is 3.07. The summed E-state index contributed by atoms with van der Waals surface area (Å²) >= 11 is 0. The van der Waals surface area contributed by atoms with Crippen molar-refractivity contribution in [1.29, 1.82) is 0 Å². The fourth-order valence-corrected chi connectivity index (χ4v) is 5.26. The molecule has 28 heavy (non-hydrogen) atoms. The fraction of sp³-hybridized carbons (Fsp3) is 0.350. The molecule has 0 aliphatic heterocycles. The fourth-order valence-electron chi connectivity index (χ4n) is 3.20. The summed E-state index contributed by atoms with van der Waals surface area (Å²) < 4.78 is 30.7. The normalized spacial score (nSPS) is 20.1. The van der Waals surface area contributed by atoms with Crippen LogP contribution in [0.3, 0.4) is 0 Å². The second-order valence-corrected chi connectivity index (χ2v) is 8.85. The molecular formula is C20H23NO6S. The first kappa shape index (κ1) is 20.3. The highest BCUT2D eigenvalue weighted by atomic mass is 32.2. The van der Waals surface area contributed by atoms with E-state index in [9.17, 15) is 18.3 Å². The number of hydrogen-bond acceptors (Lipinski definition) is 6. The number of aliphatic hydroxyl groups excluding tert-OH is 1. The van der Waals surface area contributed by atoms with Crippen LogP contribution in [0.25, 0.3) is 0 Å². The zero-order chi connectivity index (χ0) is 20.1. The summed E-state index contributed by atoms with van der Waals surface area (Å²) in [6, 6.07) is 15.3. The molecule has 2 N–H and O–H groups in total. The van der Waals surface area contributed by atoms with E-state index in [0.717, 1.165) is 5.56 Å². The first-order chi connectivity index (χ1) is 13.4. The largest absolute Gasteiger partial charge is 0.497 e. The lowest BCUT2D eigenvalue weighted by Gasteiger charge is -2.38. The van der Waals surface area contributed by atoms with Crippen molar-refractivity contribution in [2.75, 3.05) is 7.11 Å². The number of ether oxygens (including phenoxy) is 1. The van der Waals surface area contributed by atoms with Crippen molar-refractivity contribution in [2.24, 2.45) is 5.92 Å². The van der Waals surface area contributed by atoms with Crippen LogP contribution in [0.2, 0.25) is 0 Å². The molecule has 0 radical (unpaired) electrons. The van der Waals surface area contributed by atoms with E-state index in [1.165, 1.54) is 19.2 Å². The highest BCUT2D eigenvalue weighted by molar-refractivity contribution is 7.92. The number of aliphatic hydroxyl groups is 1. The minimum absolute atomic E-state index is 0.149. The van der Waals surface area contributed by atoms with Crippen LogP contribution in [-0.2, 0) is 26.1 Å². The zero-order valence-electron chi connectivity index (χ0n) is 15.4. The number of sulfone groups is 1. The van der Waals surface area contributed by atoms with Crippen LogP contribution in [0, 0.1) is 5.92 Å². The van der Waals surface area contributed by atoms with Gasteiger partial charge < -0.3 is 9.84 Å². The van der Waals surface area contributed by atoms with Crippen molar-refractivity contribution in [3.8, 4) is 5.75 Å². The number of hydrogen-bond donors (Lipinski definition) is 2. The molecule has 0 aromatic heterocycles. The van der Waals surface area contributed by atoms with Gasteiger partial charge in [-0.2, -0.15) is 0 Å². The van der Waals surface area contributed by atoms with Gasteiger partial charge in [-0.1, -0.05) is 30.3 Å². The Morgan fingerprint density at radius 1 is 1.14 bits per heavy atom. The SMILES string of the molecule is COc1ccc(S(=O)(=O)C2CCC2C(O)C(=O)NOCc2ccccc2)cc1. The molecule has 0 heterocycles. The van der Waals surface area contributed by atoms with Gasteiger partial charge in [0.05, 0.1) is 23.9 Å². The van der Waals surface area contributed by atoms with E-state index in [-0.39, 0.29) is 11.5 Å². The number of benzene rings is 2. The molecule has 8 heteroatoms. The molecule has 0 saturated heterocycles. The van der Waals surface area contributed by atoms with Crippen molar-refractivity contribution in [3.63, 3.8) is 0 Å². The summed E-state index contributed by atoms with van der Waals surface area (Å²) in [5.74, 6) is -0.859. The Morgan fingerprint density at radius 2 is 1.82 bits per heavy atom. The van der Waals surface area contributed by atoms with E-state index in [1.807, 2.05) is 30.3 Å². The van der Waals surface area contributed by atoms with E-state index in [0.29, 0.717) is 18.6 Å². The van der Waals surface area contributed by atoms with Crippen LogP contribution < -0.4 is 10.2 Å². The topological polar surface area (TPSA) is 102 Å². The van der Waals surface area contributed by atoms with Crippen molar-refractivity contribution >= 4 is 15.7 Å². The van der Waals surface area contributed by atoms with Gasteiger partial charge >= 0.3 is 0 Å². The molecule has 7 nitrogen and oxygen atoms in total. The number of methoxy groups -OCH3 is 1. The predicted molar refractivity (Wildman–Crippen MR) is 102 cm³/mol. The van der Waals surface area contributed by atoms with Crippen molar-refractivity contribution in [1.82, 2.24) is 5.48 Å². The summed E-state index contributed by atoms with van der Waals surface area (Å²) in [5, 5.41) is 9.51. The molecule has 3 atom stereocenters. The molecule has 0 bridgehead atoms. The molecule has 3 rings (SSSR count). The second kappa shape index (κ2) is 8.72. The molecule has 2 aromatic carbocycles. The minimum atomic E-state index is -3.65. The maximum Gasteiger partial charge on any atom is 0.272 e. The zero-order valence-corrected chi connectivity index (χ0v) is 16.3. The Hall–Kier alpha value is -2.42. The van der Waals surface area contributed by atoms with E-state index >= 15 is 0 Å². The lowest BCUT2D eigenvalue weighted by Crippen LogP contribution is -2.51. The third-order valence-corrected chi connectivity index (χ3v) is 7.29. The van der Waals surface area contributed by atoms with Gasteiger partial charge in [-0.05, 0) is 42.7 Å². The molecule has 1 fully saturated rings. The van der Waals surface area contributed by atoms with E-state index in [2.05, 4.69) is 5.48 Å². The van der Waals surface area contributed by atoms with Gasteiger partial charge in [0, 0.05) is 5.92 Å². The van der Waals surface area contributed by atoms with Crippen LogP contribution >= 0.6 is 0 Å². The minimum Gasteiger partial charge on any atom is -0.497 e. The molecule has 1 aliphatic rings. The summed E-state index contributed by atoms with van der Waals surface area (Å²) in [6.07, 6.45) is -0.607. The highest BCUT2D eigenvalue weighted by Gasteiger charge is 2.47. The Labute approximate surface area is 164 Å². The van der Waals surface area contributed by atoms with E-state index in [4.69, 9.17) is 9.57 Å². The van der Waals surface area contributed by atoms with Gasteiger partial charge in [0.15, 0.2) is 9.84 Å². The number of amides is 1. The van der Waals surface area contributed by atoms with Crippen molar-refractivity contribution in [2.45, 2.75) is 35.7 Å². The summed E-state index contributed by atoms with van der Waals surface area (Å²) in [4.78, 5) is 17.4. The third kappa shape index (κ3) is 4.35. The van der Waals surface area contributed by atoms with Crippen LogP contribution in [-0.4, -0.2) is 37.9 Å². The Balaban J connectivity index is 1.59. The van der Waals surface area contributed by atoms with Gasteiger partial charge in [0.1, 0.15) is 11.9 Å². The average Bonchev–Trinajstić information content (AvgIpc) is 2.67. The lowest BCUT2D eigenvalue weighted by atomic mass is 9.80. The summed E-state index contributed by atoms with van der Waals surface area (Å²) in [7, 11) is -2.15. The molecule has 1 amide bonds. The molecule has 0 spiro atoms. The molecular weight excluding hydrogens is 382 g/mol. The number of carbonyl (C=O) groups is 1. The standard InChI is InChI=1S/C20H23NO6S/c1-26-15-7-9-16(10-8-15)28(24,25)18-12-11-17(18)19(22)20(23)21-27-13-14-5-3-2-4-6-14/h2-10,17-19,22H,11-13H2,1H3,(H,21,23). The van der Waals surface area contributed by atoms with Gasteiger partial charge in [0.2, 0.25) is 0 Å². The lowest BCUT2D eigenvalue weighted by molar-refractivity contribution is -0.147. The Kier molecular flexibility index (Phi) is 6.33. The molecule has 1 aliphatic carbocycles. The van der Waals surface area contributed by atoms with Crippen LogP contribution in [0.1, 0.15) is 18.4 Å². The average molecular weight is 405 g/mol. The predicted octanol–water partition coefficient (Wildman–Crippen LogP) is 1.86. The van der Waals surface area contributed by atoms with Crippen molar-refractivity contribution < 1.29 is 27.9 Å². The molecule has 3 unspecified atom stereocenters. The molecule has 1 saturated carbocycles. The Morgan fingerprint density at radius 3 is 2.39 bits per heavy atom. The Bertz CT molecular complexity index is 898. The highest BCUT2D eigenvalue weighted by Crippen LogP contribution is 2.39. The smallest absolute Gasteiger partial charge is 0.272 e. The van der Waals surface area contributed by atoms with E-state index < -0.39 is 33.0 Å². The van der Waals surface area contributed by atoms with Gasteiger partial charge in [-0.15, -0.1) is 0 Å². The maximum atomic E-state index is 12.8. The van der Waals surface area contributed by atoms with Crippen LogP contribution in [0.4, 0.5) is 0 Å². The first-order valence-electron chi connectivity index (χ1n) is 8.95. The number of rotatable bonds is 8. The number of carbonyl (C=O) groups excluding carboxylic acids is 1. The third-order valence-electron chi connectivity index (χ3n) is 4.98. The summed E-state index contributed by atoms with van der Waals surface area (Å²) in [6.45, 7) is 0.150. The second-order valence-electron chi connectivity index (χ2n) is 6.69. The van der Waals surface area contributed by atoms with Crippen LogP contribution in [0.15, 0.2) is 59.5 Å². The quantitative estimate of drug-likeness (QED) is 0.650. The number of hydroxylamine groups is 1. The van der Waals surface area contributed by atoms with Gasteiger partial charge in [0.25, 0.3) is 5.91 Å². The molecule has 150 valence electrons. The molecule has 2 aromatic rings. The monoisotopic (exact) mass is 405 g/mol. The number of nitrogens with one attached hydrogen (secondary N) is 1. The van der Waals surface area contributed by atoms with Gasteiger partial charge in [-0.3, -0.25) is 9.63 Å². The van der Waals surface area contributed by atoms with E-state index in [1.54, 1.807) is 12.1 Å².